The maximum atomic E-state index is 13.1. The molecule has 0 saturated heterocycles. The van der Waals surface area contributed by atoms with Crippen molar-refractivity contribution in [3.63, 3.8) is 0 Å². The second-order valence-corrected chi connectivity index (χ2v) is 6.75. The van der Waals surface area contributed by atoms with E-state index < -0.39 is 0 Å². The number of aromatic nitrogens is 5. The van der Waals surface area contributed by atoms with Gasteiger partial charge in [-0.15, -0.1) is 0 Å². The molecule has 4 aromatic rings. The summed E-state index contributed by atoms with van der Waals surface area (Å²) in [5.74, 6) is 1.39. The highest BCUT2D eigenvalue weighted by atomic mass is 79.9. The zero-order valence-electron chi connectivity index (χ0n) is 14.4. The van der Waals surface area contributed by atoms with Gasteiger partial charge in [-0.05, 0) is 47.1 Å². The highest BCUT2D eigenvalue weighted by molar-refractivity contribution is 9.10. The van der Waals surface area contributed by atoms with Gasteiger partial charge in [-0.25, -0.2) is 14.5 Å². The van der Waals surface area contributed by atoms with Crippen molar-refractivity contribution in [1.82, 2.24) is 24.1 Å². The molecule has 1 unspecified atom stereocenters. The molecular weight excluding hydrogens is 410 g/mol. The van der Waals surface area contributed by atoms with E-state index in [2.05, 4.69) is 36.3 Å². The number of nitrogens with two attached hydrogens (primary N) is 1. The van der Waals surface area contributed by atoms with Gasteiger partial charge in [-0.2, -0.15) is 5.10 Å². The van der Waals surface area contributed by atoms with Crippen molar-refractivity contribution in [1.29, 1.82) is 0 Å². The summed E-state index contributed by atoms with van der Waals surface area (Å²) < 4.78 is 3.75. The molecule has 3 heterocycles. The molecule has 0 aliphatic heterocycles. The molecule has 0 spiro atoms. The number of nitrogens with one attached hydrogen (secondary N) is 1. The van der Waals surface area contributed by atoms with Crippen LogP contribution in [-0.4, -0.2) is 24.1 Å². The molecule has 1 aromatic carbocycles. The molecule has 0 aliphatic rings. The molecular formula is C18H16BrN7O. The molecule has 136 valence electrons. The van der Waals surface area contributed by atoms with Crippen LogP contribution in [-0.2, 0) is 0 Å². The van der Waals surface area contributed by atoms with Crippen LogP contribution in [0.5, 0.6) is 0 Å². The van der Waals surface area contributed by atoms with Gasteiger partial charge in [-0.3, -0.25) is 9.36 Å². The SMILES string of the molecule is CC(Nc1ncnc(N)c1Br)c1nn2cccc2c(=O)n1-c1ccccc1. The number of halogens is 1. The largest absolute Gasteiger partial charge is 0.383 e. The minimum atomic E-state index is -0.338. The molecule has 0 saturated carbocycles. The number of nitrogen functional groups attached to an aromatic ring is 1. The van der Waals surface area contributed by atoms with Crippen LogP contribution in [0, 0.1) is 0 Å². The smallest absolute Gasteiger partial charge is 0.282 e. The van der Waals surface area contributed by atoms with Gasteiger partial charge in [0.25, 0.3) is 5.56 Å². The van der Waals surface area contributed by atoms with E-state index in [1.54, 1.807) is 27.4 Å². The molecule has 0 fully saturated rings. The Morgan fingerprint density at radius 1 is 1.15 bits per heavy atom. The lowest BCUT2D eigenvalue weighted by Gasteiger charge is -2.20. The molecule has 0 radical (unpaired) electrons. The van der Waals surface area contributed by atoms with Crippen LogP contribution in [0.2, 0.25) is 0 Å². The van der Waals surface area contributed by atoms with Crippen molar-refractivity contribution in [2.45, 2.75) is 13.0 Å². The van der Waals surface area contributed by atoms with Gasteiger partial charge in [0.15, 0.2) is 5.82 Å². The predicted molar refractivity (Wildman–Crippen MR) is 107 cm³/mol. The Morgan fingerprint density at radius 2 is 1.93 bits per heavy atom. The van der Waals surface area contributed by atoms with Crippen molar-refractivity contribution in [3.05, 3.63) is 75.6 Å². The van der Waals surface area contributed by atoms with E-state index in [0.717, 1.165) is 5.69 Å². The monoisotopic (exact) mass is 425 g/mol. The third-order valence-electron chi connectivity index (χ3n) is 4.16. The Kier molecular flexibility index (Phi) is 4.36. The normalized spacial score (nSPS) is 12.2. The minimum Gasteiger partial charge on any atom is -0.383 e. The van der Waals surface area contributed by atoms with Gasteiger partial charge in [0.1, 0.15) is 28.0 Å². The third kappa shape index (κ3) is 3.06. The zero-order chi connectivity index (χ0) is 19.0. The van der Waals surface area contributed by atoms with Crippen molar-refractivity contribution >= 4 is 33.1 Å². The average molecular weight is 426 g/mol. The number of nitrogens with zero attached hydrogens (tertiary/aromatic N) is 5. The van der Waals surface area contributed by atoms with Crippen molar-refractivity contribution in [2.75, 3.05) is 11.1 Å². The lowest BCUT2D eigenvalue weighted by Crippen LogP contribution is -2.29. The Bertz CT molecular complexity index is 1170. The summed E-state index contributed by atoms with van der Waals surface area (Å²) in [6, 6.07) is 12.6. The molecule has 3 aromatic heterocycles. The third-order valence-corrected chi connectivity index (χ3v) is 4.94. The molecule has 3 N–H and O–H groups in total. The quantitative estimate of drug-likeness (QED) is 0.520. The van der Waals surface area contributed by atoms with E-state index in [0.29, 0.717) is 27.4 Å². The fourth-order valence-corrected chi connectivity index (χ4v) is 3.18. The maximum absolute atomic E-state index is 13.1. The first-order valence-corrected chi connectivity index (χ1v) is 9.04. The van der Waals surface area contributed by atoms with E-state index in [4.69, 9.17) is 5.73 Å². The van der Waals surface area contributed by atoms with Crippen LogP contribution in [0.4, 0.5) is 11.6 Å². The molecule has 4 rings (SSSR count). The minimum absolute atomic E-state index is 0.147. The summed E-state index contributed by atoms with van der Waals surface area (Å²) in [7, 11) is 0. The van der Waals surface area contributed by atoms with E-state index >= 15 is 0 Å². The molecule has 1 atom stereocenters. The number of hydrogen-bond acceptors (Lipinski definition) is 6. The molecule has 8 nitrogen and oxygen atoms in total. The van der Waals surface area contributed by atoms with Gasteiger partial charge >= 0.3 is 0 Å². The van der Waals surface area contributed by atoms with Gasteiger partial charge in [-0.1, -0.05) is 18.2 Å². The Morgan fingerprint density at radius 3 is 2.70 bits per heavy atom. The maximum Gasteiger partial charge on any atom is 0.282 e. The van der Waals surface area contributed by atoms with Crippen LogP contribution < -0.4 is 16.6 Å². The molecule has 27 heavy (non-hydrogen) atoms. The van der Waals surface area contributed by atoms with Crippen molar-refractivity contribution < 1.29 is 0 Å². The summed E-state index contributed by atoms with van der Waals surface area (Å²) in [5.41, 5.74) is 6.92. The van der Waals surface area contributed by atoms with E-state index in [9.17, 15) is 4.79 Å². The van der Waals surface area contributed by atoms with Crippen LogP contribution in [0.3, 0.4) is 0 Å². The van der Waals surface area contributed by atoms with E-state index in [1.165, 1.54) is 6.33 Å². The van der Waals surface area contributed by atoms with Crippen LogP contribution in [0.15, 0.2) is 64.3 Å². The molecule has 0 aliphatic carbocycles. The predicted octanol–water partition coefficient (Wildman–Crippen LogP) is 2.79. The molecule has 0 amide bonds. The van der Waals surface area contributed by atoms with E-state index in [1.807, 2.05) is 37.3 Å². The lowest BCUT2D eigenvalue weighted by atomic mass is 10.2. The first-order chi connectivity index (χ1) is 13.1. The fourth-order valence-electron chi connectivity index (χ4n) is 2.86. The second-order valence-electron chi connectivity index (χ2n) is 5.96. The summed E-state index contributed by atoms with van der Waals surface area (Å²) in [5, 5.41) is 7.90. The fraction of sp³-hybridized carbons (Fsp3) is 0.111. The second kappa shape index (κ2) is 6.84. The summed E-state index contributed by atoms with van der Waals surface area (Å²) in [6.45, 7) is 1.90. The Labute approximate surface area is 162 Å². The lowest BCUT2D eigenvalue weighted by molar-refractivity contribution is 0.672. The highest BCUT2D eigenvalue weighted by Gasteiger charge is 2.19. The topological polar surface area (TPSA) is 103 Å². The number of rotatable bonds is 4. The number of para-hydroxylation sites is 1. The van der Waals surface area contributed by atoms with Gasteiger partial charge < -0.3 is 11.1 Å². The van der Waals surface area contributed by atoms with Gasteiger partial charge in [0, 0.05) is 6.20 Å². The number of anilines is 2. The molecule has 0 bridgehead atoms. The molecule has 9 heteroatoms. The highest BCUT2D eigenvalue weighted by Crippen LogP contribution is 2.27. The standard InChI is InChI=1S/C18H16BrN7O/c1-11(23-16-14(19)15(20)21-10-22-16)17-24-25-9-5-8-13(25)18(27)26(17)12-6-3-2-4-7-12/h2-11H,1H3,(H3,20,21,22,23). The van der Waals surface area contributed by atoms with Crippen molar-refractivity contribution in [3.8, 4) is 5.69 Å². The van der Waals surface area contributed by atoms with Crippen LogP contribution >= 0.6 is 15.9 Å². The number of hydrogen-bond donors (Lipinski definition) is 2. The van der Waals surface area contributed by atoms with E-state index in [-0.39, 0.29) is 11.6 Å². The zero-order valence-corrected chi connectivity index (χ0v) is 16.0. The number of benzene rings is 1. The summed E-state index contributed by atoms with van der Waals surface area (Å²) in [6.07, 6.45) is 3.13. The summed E-state index contributed by atoms with van der Waals surface area (Å²) in [4.78, 5) is 21.3. The Hall–Kier alpha value is -3.20. The summed E-state index contributed by atoms with van der Waals surface area (Å²) >= 11 is 3.39. The van der Waals surface area contributed by atoms with Gasteiger partial charge in [0.2, 0.25) is 0 Å². The average Bonchev–Trinajstić information content (AvgIpc) is 3.15. The van der Waals surface area contributed by atoms with Crippen LogP contribution in [0.25, 0.3) is 11.2 Å². The first-order valence-electron chi connectivity index (χ1n) is 8.24. The first kappa shape index (κ1) is 17.2. The van der Waals surface area contributed by atoms with Crippen LogP contribution in [0.1, 0.15) is 18.8 Å². The Balaban J connectivity index is 1.87. The number of fused-ring (bicyclic) bond motifs is 1. The van der Waals surface area contributed by atoms with Gasteiger partial charge in [0.05, 0.1) is 11.7 Å². The van der Waals surface area contributed by atoms with Crippen molar-refractivity contribution in [2.24, 2.45) is 0 Å².